The first-order valence-corrected chi connectivity index (χ1v) is 3.28. The minimum Gasteiger partial charge on any atom is -0.270 e. The van der Waals surface area contributed by atoms with E-state index in [1.807, 2.05) is 13.0 Å². The zero-order chi connectivity index (χ0) is 7.56. The first kappa shape index (κ1) is 7.10. The first-order valence-electron chi connectivity index (χ1n) is 2.91. The van der Waals surface area contributed by atoms with Crippen LogP contribution in [0.25, 0.3) is 0 Å². The molecular weight excluding hydrogens is 150 g/mol. The maximum Gasteiger partial charge on any atom is 0.168 e. The molecule has 0 N–H and O–H groups in total. The standard InChI is InChI=1S/C6H6ClN3/c1-2-10-4-5(3-8)6(7)9-10/h4H,2H2,1H3. The van der Waals surface area contributed by atoms with Crippen molar-refractivity contribution >= 4 is 11.6 Å². The summed E-state index contributed by atoms with van der Waals surface area (Å²) in [5, 5.41) is 12.6. The quantitative estimate of drug-likeness (QED) is 0.616. The number of aryl methyl sites for hydroxylation is 1. The van der Waals surface area contributed by atoms with E-state index in [9.17, 15) is 0 Å². The summed E-state index contributed by atoms with van der Waals surface area (Å²) in [5.74, 6) is 0. The number of hydrogen-bond donors (Lipinski definition) is 0. The van der Waals surface area contributed by atoms with E-state index in [1.54, 1.807) is 10.9 Å². The molecule has 1 heterocycles. The Hall–Kier alpha value is -1.01. The number of aromatic nitrogens is 2. The number of nitriles is 1. The molecule has 0 aliphatic heterocycles. The lowest BCUT2D eigenvalue weighted by atomic mass is 10.4. The molecule has 3 nitrogen and oxygen atoms in total. The highest BCUT2D eigenvalue weighted by Crippen LogP contribution is 2.10. The lowest BCUT2D eigenvalue weighted by molar-refractivity contribution is 0.660. The molecule has 0 aromatic carbocycles. The summed E-state index contributed by atoms with van der Waals surface area (Å²) in [6.07, 6.45) is 1.63. The van der Waals surface area contributed by atoms with Gasteiger partial charge in [0.15, 0.2) is 5.15 Å². The van der Waals surface area contributed by atoms with E-state index < -0.39 is 0 Å². The van der Waals surface area contributed by atoms with Gasteiger partial charge in [0.25, 0.3) is 0 Å². The molecule has 0 saturated carbocycles. The second kappa shape index (κ2) is 2.72. The normalized spacial score (nSPS) is 9.30. The maximum absolute atomic E-state index is 8.44. The van der Waals surface area contributed by atoms with Crippen LogP contribution in [0.4, 0.5) is 0 Å². The van der Waals surface area contributed by atoms with Crippen molar-refractivity contribution in [3.63, 3.8) is 0 Å². The third kappa shape index (κ3) is 1.12. The zero-order valence-corrected chi connectivity index (χ0v) is 6.26. The van der Waals surface area contributed by atoms with Crippen molar-refractivity contribution in [2.45, 2.75) is 13.5 Å². The molecule has 0 spiro atoms. The molecule has 0 amide bonds. The van der Waals surface area contributed by atoms with Crippen LogP contribution >= 0.6 is 11.6 Å². The predicted octanol–water partition coefficient (Wildman–Crippen LogP) is 1.43. The van der Waals surface area contributed by atoms with Gasteiger partial charge in [0.05, 0.1) is 0 Å². The molecule has 52 valence electrons. The highest BCUT2D eigenvalue weighted by molar-refractivity contribution is 6.30. The van der Waals surface area contributed by atoms with Gasteiger partial charge < -0.3 is 0 Å². The van der Waals surface area contributed by atoms with Gasteiger partial charge in [0.2, 0.25) is 0 Å². The van der Waals surface area contributed by atoms with E-state index in [1.165, 1.54) is 0 Å². The Morgan fingerprint density at radius 1 is 1.90 bits per heavy atom. The molecule has 1 aromatic heterocycles. The smallest absolute Gasteiger partial charge is 0.168 e. The maximum atomic E-state index is 8.44. The number of halogens is 1. The second-order valence-corrected chi connectivity index (χ2v) is 2.16. The van der Waals surface area contributed by atoms with Crippen LogP contribution in [-0.2, 0) is 6.54 Å². The highest BCUT2D eigenvalue weighted by atomic mass is 35.5. The molecule has 0 saturated heterocycles. The third-order valence-corrected chi connectivity index (χ3v) is 1.44. The summed E-state index contributed by atoms with van der Waals surface area (Å²) in [6, 6.07) is 1.93. The van der Waals surface area contributed by atoms with Crippen LogP contribution in [0.5, 0.6) is 0 Å². The second-order valence-electron chi connectivity index (χ2n) is 1.80. The van der Waals surface area contributed by atoms with E-state index in [4.69, 9.17) is 16.9 Å². The van der Waals surface area contributed by atoms with E-state index >= 15 is 0 Å². The van der Waals surface area contributed by atoms with Crippen LogP contribution in [0, 0.1) is 11.3 Å². The Kier molecular flexibility index (Phi) is 1.93. The average Bonchev–Trinajstić information content (AvgIpc) is 2.30. The van der Waals surface area contributed by atoms with Gasteiger partial charge >= 0.3 is 0 Å². The third-order valence-electron chi connectivity index (χ3n) is 1.16. The topological polar surface area (TPSA) is 41.6 Å². The summed E-state index contributed by atoms with van der Waals surface area (Å²) in [4.78, 5) is 0. The average molecular weight is 156 g/mol. The van der Waals surface area contributed by atoms with Crippen LogP contribution in [0.15, 0.2) is 6.20 Å². The van der Waals surface area contributed by atoms with Gasteiger partial charge in [0, 0.05) is 12.7 Å². The van der Waals surface area contributed by atoms with Crippen molar-refractivity contribution < 1.29 is 0 Å². The van der Waals surface area contributed by atoms with Gasteiger partial charge in [-0.05, 0) is 6.92 Å². The fourth-order valence-electron chi connectivity index (χ4n) is 0.635. The Morgan fingerprint density at radius 3 is 2.90 bits per heavy atom. The predicted molar refractivity (Wildman–Crippen MR) is 37.6 cm³/mol. The minimum absolute atomic E-state index is 0.282. The Balaban J connectivity index is 3.07. The molecule has 0 radical (unpaired) electrons. The summed E-state index contributed by atoms with van der Waals surface area (Å²) in [6.45, 7) is 2.67. The first-order chi connectivity index (χ1) is 4.77. The van der Waals surface area contributed by atoms with E-state index in [0.29, 0.717) is 5.56 Å². The van der Waals surface area contributed by atoms with Crippen LogP contribution in [-0.4, -0.2) is 9.78 Å². The summed E-state index contributed by atoms with van der Waals surface area (Å²) < 4.78 is 1.63. The lowest BCUT2D eigenvalue weighted by Gasteiger charge is -1.88. The number of rotatable bonds is 1. The van der Waals surface area contributed by atoms with Crippen LogP contribution < -0.4 is 0 Å². The number of nitrogens with zero attached hydrogens (tertiary/aromatic N) is 3. The largest absolute Gasteiger partial charge is 0.270 e. The molecular formula is C6H6ClN3. The molecule has 0 fully saturated rings. The molecule has 4 heteroatoms. The Morgan fingerprint density at radius 2 is 2.60 bits per heavy atom. The van der Waals surface area contributed by atoms with Gasteiger partial charge in [-0.1, -0.05) is 11.6 Å². The van der Waals surface area contributed by atoms with Crippen LogP contribution in [0.1, 0.15) is 12.5 Å². The van der Waals surface area contributed by atoms with E-state index in [0.717, 1.165) is 6.54 Å². The molecule has 10 heavy (non-hydrogen) atoms. The Bertz CT molecular complexity index is 271. The van der Waals surface area contributed by atoms with Crippen LogP contribution in [0.2, 0.25) is 5.15 Å². The van der Waals surface area contributed by atoms with Gasteiger partial charge in [-0.15, -0.1) is 0 Å². The van der Waals surface area contributed by atoms with Gasteiger partial charge in [-0.3, -0.25) is 4.68 Å². The van der Waals surface area contributed by atoms with Crippen LogP contribution in [0.3, 0.4) is 0 Å². The van der Waals surface area contributed by atoms with Crippen molar-refractivity contribution in [2.75, 3.05) is 0 Å². The summed E-state index contributed by atoms with van der Waals surface area (Å²) in [5.41, 5.74) is 0.434. The number of hydrogen-bond acceptors (Lipinski definition) is 2. The fraction of sp³-hybridized carbons (Fsp3) is 0.333. The summed E-state index contributed by atoms with van der Waals surface area (Å²) in [7, 11) is 0. The van der Waals surface area contributed by atoms with Crippen molar-refractivity contribution in [1.82, 2.24) is 9.78 Å². The Labute approximate surface area is 63.8 Å². The zero-order valence-electron chi connectivity index (χ0n) is 5.50. The van der Waals surface area contributed by atoms with E-state index in [-0.39, 0.29) is 5.15 Å². The van der Waals surface area contributed by atoms with E-state index in [2.05, 4.69) is 5.10 Å². The van der Waals surface area contributed by atoms with Gasteiger partial charge in [-0.25, -0.2) is 0 Å². The molecule has 0 aliphatic carbocycles. The fourth-order valence-corrected chi connectivity index (χ4v) is 0.823. The SMILES string of the molecule is CCn1cc(C#N)c(Cl)n1. The van der Waals surface area contributed by atoms with Gasteiger partial charge in [0.1, 0.15) is 11.6 Å². The molecule has 0 unspecified atom stereocenters. The van der Waals surface area contributed by atoms with Crippen molar-refractivity contribution in [3.8, 4) is 6.07 Å². The molecule has 0 aliphatic rings. The lowest BCUT2D eigenvalue weighted by Crippen LogP contribution is -1.92. The monoisotopic (exact) mass is 155 g/mol. The molecule has 1 aromatic rings. The molecule has 0 atom stereocenters. The highest BCUT2D eigenvalue weighted by Gasteiger charge is 2.02. The van der Waals surface area contributed by atoms with Crippen molar-refractivity contribution in [2.24, 2.45) is 0 Å². The summed E-state index contributed by atoms with van der Waals surface area (Å²) >= 11 is 5.57. The van der Waals surface area contributed by atoms with Gasteiger partial charge in [-0.2, -0.15) is 10.4 Å². The minimum atomic E-state index is 0.282. The molecule has 0 bridgehead atoms. The van der Waals surface area contributed by atoms with Crippen molar-refractivity contribution in [3.05, 3.63) is 16.9 Å². The molecule has 1 rings (SSSR count). The van der Waals surface area contributed by atoms with Crippen molar-refractivity contribution in [1.29, 1.82) is 5.26 Å².